The lowest BCUT2D eigenvalue weighted by molar-refractivity contribution is -0.276. The number of benzene rings is 2. The molecule has 204 valence electrons. The van der Waals surface area contributed by atoms with Crippen LogP contribution in [-0.4, -0.2) is 36.9 Å². The lowest BCUT2D eigenvalue weighted by Gasteiger charge is -2.30. The molecule has 2 atom stereocenters. The van der Waals surface area contributed by atoms with Gasteiger partial charge >= 0.3 is 12.4 Å². The minimum atomic E-state index is -5.19. The molecule has 0 saturated carbocycles. The highest BCUT2D eigenvalue weighted by molar-refractivity contribution is 9.10. The molecule has 0 bridgehead atoms. The Morgan fingerprint density at radius 1 is 1.26 bits per heavy atom. The second-order valence-corrected chi connectivity index (χ2v) is 11.3. The molecule has 0 spiro atoms. The number of amides is 1. The first kappa shape index (κ1) is 30.2. The lowest BCUT2D eigenvalue weighted by atomic mass is 9.85. The molecule has 1 heterocycles. The first-order valence-corrected chi connectivity index (χ1v) is 13.5. The van der Waals surface area contributed by atoms with Crippen molar-refractivity contribution >= 4 is 67.1 Å². The molecule has 0 aliphatic carbocycles. The number of hydrogen-bond acceptors (Lipinski definition) is 5. The normalized spacial score (nSPS) is 18.5. The quantitative estimate of drug-likeness (QED) is 0.250. The number of anilines is 1. The number of nitriles is 1. The summed E-state index contributed by atoms with van der Waals surface area (Å²) in [5, 5.41) is 10.5. The Morgan fingerprint density at radius 2 is 1.92 bits per heavy atom. The highest BCUT2D eigenvalue weighted by Gasteiger charge is 2.63. The largest absolute Gasteiger partial charge is 0.435 e. The van der Waals surface area contributed by atoms with E-state index in [1.54, 1.807) is 12.4 Å². The maximum atomic E-state index is 14.3. The summed E-state index contributed by atoms with van der Waals surface area (Å²) in [6, 6.07) is 5.16. The van der Waals surface area contributed by atoms with E-state index in [2.05, 4.69) is 25.4 Å². The second kappa shape index (κ2) is 11.0. The number of oxime groups is 1. The van der Waals surface area contributed by atoms with Crippen LogP contribution in [0.5, 0.6) is 0 Å². The maximum absolute atomic E-state index is 14.3. The predicted molar refractivity (Wildman–Crippen MR) is 135 cm³/mol. The summed E-state index contributed by atoms with van der Waals surface area (Å²) in [7, 11) is 0.645. The summed E-state index contributed by atoms with van der Waals surface area (Å²) >= 11 is 14.6. The van der Waals surface area contributed by atoms with Crippen LogP contribution in [-0.2, 0) is 32.1 Å². The number of carbonyl (C=O) groups excluding carboxylic acids is 1. The zero-order chi connectivity index (χ0) is 28.6. The number of hydrogen-bond donors (Lipinski definition) is 0. The van der Waals surface area contributed by atoms with Crippen LogP contribution in [0.3, 0.4) is 0 Å². The van der Waals surface area contributed by atoms with Crippen LogP contribution >= 0.6 is 39.1 Å². The van der Waals surface area contributed by atoms with Gasteiger partial charge in [0.25, 0.3) is 5.60 Å². The third kappa shape index (κ3) is 5.95. The van der Waals surface area contributed by atoms with Gasteiger partial charge in [0.2, 0.25) is 12.1 Å². The zero-order valence-electron chi connectivity index (χ0n) is 19.2. The van der Waals surface area contributed by atoms with E-state index in [9.17, 15) is 31.1 Å². The van der Waals surface area contributed by atoms with E-state index in [4.69, 9.17) is 33.3 Å². The molecule has 16 heteroatoms. The molecule has 2 aromatic carbocycles. The van der Waals surface area contributed by atoms with Crippen LogP contribution < -0.4 is 4.90 Å². The Labute approximate surface area is 233 Å². The summed E-state index contributed by atoms with van der Waals surface area (Å²) in [4.78, 5) is 18.6. The van der Waals surface area contributed by atoms with Gasteiger partial charge in [-0.3, -0.25) is 4.79 Å². The fraction of sp³-hybridized carbons (Fsp3) is 0.318. The minimum absolute atomic E-state index is 0.0313. The Kier molecular flexibility index (Phi) is 8.77. The summed E-state index contributed by atoms with van der Waals surface area (Å²) in [6.45, 7) is 0. The monoisotopic (exact) mass is 662 g/mol. The van der Waals surface area contributed by atoms with Gasteiger partial charge in [0.15, 0.2) is 0 Å². The van der Waals surface area contributed by atoms with Crippen molar-refractivity contribution < 1.29 is 36.0 Å². The number of alkyl halides is 6. The molecule has 3 rings (SSSR count). The van der Waals surface area contributed by atoms with E-state index < -0.39 is 56.2 Å². The Balaban J connectivity index is 1.96. The van der Waals surface area contributed by atoms with Crippen molar-refractivity contribution in [3.05, 3.63) is 61.5 Å². The summed E-state index contributed by atoms with van der Waals surface area (Å²) < 4.78 is 87.1. The molecule has 1 amide bonds. The van der Waals surface area contributed by atoms with E-state index in [0.29, 0.717) is 16.2 Å². The number of nitrogens with zero attached hydrogens (tertiary/aromatic N) is 4. The van der Waals surface area contributed by atoms with Gasteiger partial charge < -0.3 is 9.74 Å². The third-order valence-corrected chi connectivity index (χ3v) is 8.03. The smallest absolute Gasteiger partial charge is 0.374 e. The van der Waals surface area contributed by atoms with Crippen LogP contribution in [0.2, 0.25) is 10.0 Å². The van der Waals surface area contributed by atoms with Crippen molar-refractivity contribution in [2.24, 2.45) is 9.52 Å². The molecule has 0 N–H and O–H groups in total. The van der Waals surface area contributed by atoms with Gasteiger partial charge in [-0.2, -0.15) is 36.0 Å². The van der Waals surface area contributed by atoms with Crippen molar-refractivity contribution in [1.82, 2.24) is 0 Å². The van der Waals surface area contributed by atoms with Crippen LogP contribution in [0, 0.1) is 11.5 Å². The van der Waals surface area contributed by atoms with Gasteiger partial charge in [-0.05, 0) is 46.5 Å². The van der Waals surface area contributed by atoms with Gasteiger partial charge in [-0.25, -0.2) is 0 Å². The van der Waals surface area contributed by atoms with Crippen molar-refractivity contribution in [3.63, 3.8) is 0 Å². The molecule has 2 aromatic rings. The molecule has 38 heavy (non-hydrogen) atoms. The zero-order valence-corrected chi connectivity index (χ0v) is 23.1. The van der Waals surface area contributed by atoms with Gasteiger partial charge in [-0.1, -0.05) is 45.1 Å². The summed E-state index contributed by atoms with van der Waals surface area (Å²) in [6.07, 6.45) is -7.97. The maximum Gasteiger partial charge on any atom is 0.435 e. The second-order valence-electron chi connectivity index (χ2n) is 8.00. The lowest BCUT2D eigenvalue weighted by Crippen LogP contribution is -2.43. The van der Waals surface area contributed by atoms with E-state index in [1.165, 1.54) is 30.1 Å². The minimum Gasteiger partial charge on any atom is -0.374 e. The van der Waals surface area contributed by atoms with E-state index >= 15 is 0 Å². The SMILES string of the molecule is CN(C(=O)CS(C)=NC#N)c1ccc(C2=NOC(c3cc(Cl)c(Cl)c(C(F)(F)F)c3)(C(F)(F)F)C2)cc1Br. The molecule has 0 aromatic heterocycles. The third-order valence-electron chi connectivity index (χ3n) is 5.53. The van der Waals surface area contributed by atoms with Gasteiger partial charge in [-0.15, -0.1) is 0 Å². The fourth-order valence-electron chi connectivity index (χ4n) is 3.56. The molecule has 0 radical (unpaired) electrons. The molecular weight excluding hydrogens is 649 g/mol. The van der Waals surface area contributed by atoms with Gasteiger partial charge in [0, 0.05) is 29.1 Å². The van der Waals surface area contributed by atoms with Gasteiger partial charge in [0.05, 0.1) is 32.8 Å². The van der Waals surface area contributed by atoms with Crippen LogP contribution in [0.1, 0.15) is 23.1 Å². The molecule has 2 unspecified atom stereocenters. The summed E-state index contributed by atoms with van der Waals surface area (Å²) in [5.74, 6) is -0.391. The van der Waals surface area contributed by atoms with Crippen molar-refractivity contribution in [3.8, 4) is 6.19 Å². The Morgan fingerprint density at radius 3 is 2.47 bits per heavy atom. The van der Waals surface area contributed by atoms with Crippen molar-refractivity contribution in [2.45, 2.75) is 24.4 Å². The van der Waals surface area contributed by atoms with Crippen molar-refractivity contribution in [1.29, 1.82) is 5.26 Å². The number of halogens is 9. The Bertz CT molecular complexity index is 1390. The predicted octanol–water partition coefficient (Wildman–Crippen LogP) is 7.23. The first-order valence-electron chi connectivity index (χ1n) is 10.2. The van der Waals surface area contributed by atoms with Crippen LogP contribution in [0.4, 0.5) is 32.0 Å². The number of carbonyl (C=O) groups is 1. The average Bonchev–Trinajstić information content (AvgIpc) is 3.26. The van der Waals surface area contributed by atoms with E-state index in [1.807, 2.05) is 0 Å². The summed E-state index contributed by atoms with van der Waals surface area (Å²) in [5.41, 5.74) is -5.38. The van der Waals surface area contributed by atoms with E-state index in [0.717, 1.165) is 0 Å². The van der Waals surface area contributed by atoms with E-state index in [-0.39, 0.29) is 29.0 Å². The number of rotatable bonds is 5. The highest BCUT2D eigenvalue weighted by atomic mass is 79.9. The molecule has 6 nitrogen and oxygen atoms in total. The highest BCUT2D eigenvalue weighted by Crippen LogP contribution is 2.51. The van der Waals surface area contributed by atoms with Gasteiger partial charge in [0.1, 0.15) is 0 Å². The standard InChI is InChI=1S/C22H15BrCl2F6N4O2S/c1-35(18(36)9-38(2)33-10-32)17-4-3-11(5-14(17)23)16-8-20(37-34-16,22(29,30)31)12-6-13(21(26,27)28)19(25)15(24)7-12/h3-7H,8-9H2,1-2H3. The molecule has 0 saturated heterocycles. The average molecular weight is 664 g/mol. The Hall–Kier alpha value is -2.34. The molecule has 0 fully saturated rings. The topological polar surface area (TPSA) is 78.0 Å². The fourth-order valence-corrected chi connectivity index (χ4v) is 5.39. The molecule has 1 aliphatic rings. The van der Waals surface area contributed by atoms with Crippen LogP contribution in [0.15, 0.2) is 44.3 Å². The van der Waals surface area contributed by atoms with Crippen LogP contribution in [0.25, 0.3) is 0 Å². The molecule has 1 aliphatic heterocycles. The van der Waals surface area contributed by atoms with Crippen molar-refractivity contribution in [2.75, 3.05) is 24.0 Å². The first-order chi connectivity index (χ1) is 17.5. The molecular formula is C22H15BrCl2F6N4O2S.